The number of nitrogens with zero attached hydrogens (tertiary/aromatic N) is 1. The summed E-state index contributed by atoms with van der Waals surface area (Å²) in [6.07, 6.45) is 0.271. The lowest BCUT2D eigenvalue weighted by Gasteiger charge is -2.17. The predicted octanol–water partition coefficient (Wildman–Crippen LogP) is 3.09. The number of carbonyl (C=O) groups excluding carboxylic acids is 2. The highest BCUT2D eigenvalue weighted by Crippen LogP contribution is 2.23. The van der Waals surface area contributed by atoms with Crippen molar-refractivity contribution in [3.63, 3.8) is 0 Å². The first kappa shape index (κ1) is 19.1. The number of aryl methyl sites for hydroxylation is 1. The van der Waals surface area contributed by atoms with Crippen molar-refractivity contribution in [1.29, 1.82) is 0 Å². The molecule has 3 rings (SSSR count). The van der Waals surface area contributed by atoms with E-state index in [-0.39, 0.29) is 24.2 Å². The molecule has 5 nitrogen and oxygen atoms in total. The second-order valence-electron chi connectivity index (χ2n) is 7.09. The summed E-state index contributed by atoms with van der Waals surface area (Å²) >= 11 is 0. The first-order valence-corrected chi connectivity index (χ1v) is 9.49. The number of amides is 2. The van der Waals surface area contributed by atoms with Gasteiger partial charge in [-0.05, 0) is 30.7 Å². The van der Waals surface area contributed by atoms with Gasteiger partial charge in [-0.15, -0.1) is 0 Å². The fraction of sp³-hybridized carbons (Fsp3) is 0.364. The van der Waals surface area contributed by atoms with Gasteiger partial charge in [0.1, 0.15) is 0 Å². The summed E-state index contributed by atoms with van der Waals surface area (Å²) in [7, 11) is 0. The van der Waals surface area contributed by atoms with E-state index in [4.69, 9.17) is 0 Å². The fourth-order valence-electron chi connectivity index (χ4n) is 3.31. The van der Waals surface area contributed by atoms with E-state index in [1.54, 1.807) is 4.90 Å². The molecule has 0 aromatic heterocycles. The second-order valence-corrected chi connectivity index (χ2v) is 7.09. The fourth-order valence-corrected chi connectivity index (χ4v) is 3.31. The van der Waals surface area contributed by atoms with Crippen LogP contribution in [0.15, 0.2) is 48.5 Å². The molecule has 0 saturated carbocycles. The van der Waals surface area contributed by atoms with E-state index in [1.807, 2.05) is 62.4 Å². The summed E-state index contributed by atoms with van der Waals surface area (Å²) in [6, 6.07) is 15.9. The molecule has 0 radical (unpaired) electrons. The van der Waals surface area contributed by atoms with E-state index in [1.165, 1.54) is 5.56 Å². The minimum Gasteiger partial charge on any atom is -0.338 e. The van der Waals surface area contributed by atoms with E-state index in [2.05, 4.69) is 10.6 Å². The normalized spacial score (nSPS) is 16.6. The Bertz CT molecular complexity index is 801. The topological polar surface area (TPSA) is 61.4 Å². The second kappa shape index (κ2) is 8.82. The number of nitrogens with one attached hydrogen (secondary N) is 2. The van der Waals surface area contributed by atoms with Crippen LogP contribution >= 0.6 is 0 Å². The number of anilines is 1. The Morgan fingerprint density at radius 2 is 1.89 bits per heavy atom. The summed E-state index contributed by atoms with van der Waals surface area (Å²) in [5, 5.41) is 6.30. The lowest BCUT2D eigenvalue weighted by atomic mass is 10.1. The highest BCUT2D eigenvalue weighted by Gasteiger charge is 2.34. The van der Waals surface area contributed by atoms with Crippen molar-refractivity contribution in [3.05, 3.63) is 65.2 Å². The summed E-state index contributed by atoms with van der Waals surface area (Å²) in [4.78, 5) is 26.9. The van der Waals surface area contributed by atoms with Crippen molar-refractivity contribution < 1.29 is 9.59 Å². The molecule has 2 N–H and O–H groups in total. The number of benzene rings is 2. The number of para-hydroxylation sites is 1. The molecule has 2 aromatic rings. The van der Waals surface area contributed by atoms with E-state index >= 15 is 0 Å². The van der Waals surface area contributed by atoms with E-state index in [0.717, 1.165) is 23.4 Å². The summed E-state index contributed by atoms with van der Waals surface area (Å²) in [5.74, 6) is -0.356. The van der Waals surface area contributed by atoms with Crippen molar-refractivity contribution in [2.45, 2.75) is 33.4 Å². The third-order valence-corrected chi connectivity index (χ3v) is 4.92. The molecule has 1 aliphatic heterocycles. The van der Waals surface area contributed by atoms with E-state index < -0.39 is 0 Å². The molecule has 0 aliphatic carbocycles. The quantitative estimate of drug-likeness (QED) is 0.793. The average Bonchev–Trinajstić information content (AvgIpc) is 3.03. The van der Waals surface area contributed by atoms with Gasteiger partial charge in [0.25, 0.3) is 0 Å². The summed E-state index contributed by atoms with van der Waals surface area (Å²) in [5.41, 5.74) is 4.15. The minimum atomic E-state index is -0.310. The zero-order valence-electron chi connectivity index (χ0n) is 16.0. The monoisotopic (exact) mass is 365 g/mol. The molecule has 0 spiro atoms. The van der Waals surface area contributed by atoms with Crippen LogP contribution in [0.25, 0.3) is 0 Å². The SMILES string of the molecule is CCNCc1ccccc1NC(=O)C1CC(=O)N(Cc2ccc(C)cc2)C1. The van der Waals surface area contributed by atoms with Gasteiger partial charge >= 0.3 is 0 Å². The maximum absolute atomic E-state index is 12.7. The number of likely N-dealkylation sites (tertiary alicyclic amines) is 1. The molecule has 1 atom stereocenters. The molecule has 0 bridgehead atoms. The lowest BCUT2D eigenvalue weighted by Crippen LogP contribution is -2.28. The largest absolute Gasteiger partial charge is 0.338 e. The van der Waals surface area contributed by atoms with Crippen LogP contribution in [0.4, 0.5) is 5.69 Å². The van der Waals surface area contributed by atoms with Crippen molar-refractivity contribution >= 4 is 17.5 Å². The van der Waals surface area contributed by atoms with Crippen LogP contribution in [0.5, 0.6) is 0 Å². The molecule has 2 aromatic carbocycles. The number of hydrogen-bond donors (Lipinski definition) is 2. The van der Waals surface area contributed by atoms with Crippen LogP contribution in [0.1, 0.15) is 30.0 Å². The number of hydrogen-bond acceptors (Lipinski definition) is 3. The molecule has 1 heterocycles. The van der Waals surface area contributed by atoms with Gasteiger partial charge in [-0.2, -0.15) is 0 Å². The summed E-state index contributed by atoms with van der Waals surface area (Å²) < 4.78 is 0. The van der Waals surface area contributed by atoms with Gasteiger partial charge in [-0.25, -0.2) is 0 Å². The third kappa shape index (κ3) is 4.95. The van der Waals surface area contributed by atoms with Gasteiger partial charge in [0.15, 0.2) is 0 Å². The smallest absolute Gasteiger partial charge is 0.229 e. The Kier molecular flexibility index (Phi) is 6.24. The maximum Gasteiger partial charge on any atom is 0.229 e. The standard InChI is InChI=1S/C22H27N3O2/c1-3-23-13-18-6-4-5-7-20(18)24-22(27)19-12-21(26)25(15-19)14-17-10-8-16(2)9-11-17/h4-11,19,23H,3,12-15H2,1-2H3,(H,24,27). The highest BCUT2D eigenvalue weighted by molar-refractivity contribution is 5.97. The molecule has 5 heteroatoms. The molecule has 1 saturated heterocycles. The van der Waals surface area contributed by atoms with Crippen LogP contribution in [-0.2, 0) is 22.7 Å². The van der Waals surface area contributed by atoms with E-state index in [9.17, 15) is 9.59 Å². The van der Waals surface area contributed by atoms with Crippen LogP contribution < -0.4 is 10.6 Å². The van der Waals surface area contributed by atoms with Gasteiger partial charge in [0.05, 0.1) is 5.92 Å². The highest BCUT2D eigenvalue weighted by atomic mass is 16.2. The Morgan fingerprint density at radius 3 is 2.63 bits per heavy atom. The summed E-state index contributed by atoms with van der Waals surface area (Å²) in [6.45, 7) is 6.68. The van der Waals surface area contributed by atoms with Crippen LogP contribution in [-0.4, -0.2) is 29.8 Å². The predicted molar refractivity (Wildman–Crippen MR) is 107 cm³/mol. The van der Waals surface area contributed by atoms with Crippen molar-refractivity contribution in [3.8, 4) is 0 Å². The maximum atomic E-state index is 12.7. The van der Waals surface area contributed by atoms with Gasteiger partial charge < -0.3 is 15.5 Å². The van der Waals surface area contributed by atoms with Crippen molar-refractivity contribution in [1.82, 2.24) is 10.2 Å². The Hall–Kier alpha value is -2.66. The molecule has 1 fully saturated rings. The van der Waals surface area contributed by atoms with E-state index in [0.29, 0.717) is 19.6 Å². The Morgan fingerprint density at radius 1 is 1.15 bits per heavy atom. The lowest BCUT2D eigenvalue weighted by molar-refractivity contribution is -0.128. The first-order valence-electron chi connectivity index (χ1n) is 9.49. The Balaban J connectivity index is 1.61. The zero-order valence-corrected chi connectivity index (χ0v) is 16.0. The van der Waals surface area contributed by atoms with Crippen LogP contribution in [0.2, 0.25) is 0 Å². The zero-order chi connectivity index (χ0) is 19.2. The molecule has 1 aliphatic rings. The molecular formula is C22H27N3O2. The van der Waals surface area contributed by atoms with Gasteiger partial charge in [-0.3, -0.25) is 9.59 Å². The number of carbonyl (C=O) groups is 2. The minimum absolute atomic E-state index is 0.0386. The van der Waals surface area contributed by atoms with Crippen LogP contribution in [0, 0.1) is 12.8 Å². The molecule has 1 unspecified atom stereocenters. The average molecular weight is 365 g/mol. The first-order chi connectivity index (χ1) is 13.1. The molecule has 2 amide bonds. The van der Waals surface area contributed by atoms with Gasteiger partial charge in [-0.1, -0.05) is 55.0 Å². The van der Waals surface area contributed by atoms with Gasteiger partial charge in [0.2, 0.25) is 11.8 Å². The van der Waals surface area contributed by atoms with Gasteiger partial charge in [0, 0.05) is 31.7 Å². The molecular weight excluding hydrogens is 338 g/mol. The third-order valence-electron chi connectivity index (χ3n) is 4.92. The number of rotatable bonds is 7. The van der Waals surface area contributed by atoms with Crippen molar-refractivity contribution in [2.75, 3.05) is 18.4 Å². The van der Waals surface area contributed by atoms with Crippen molar-refractivity contribution in [2.24, 2.45) is 5.92 Å². The van der Waals surface area contributed by atoms with Crippen LogP contribution in [0.3, 0.4) is 0 Å². The molecule has 142 valence electrons. The Labute approximate surface area is 160 Å². The molecule has 27 heavy (non-hydrogen) atoms.